The topological polar surface area (TPSA) is 67.2 Å². The standard InChI is InChI=1S/C16H18N4O/c1-11(2)14(15-17-8-5-9-18-15)19-20-16(21)13-7-4-6-12(3)10-13/h4-11H,1-3H3,(H,20,21)/b19-14+. The lowest BCUT2D eigenvalue weighted by molar-refractivity contribution is 0.0954. The molecule has 108 valence electrons. The number of carbonyl (C=O) groups excluding carboxylic acids is 1. The molecule has 1 amide bonds. The highest BCUT2D eigenvalue weighted by atomic mass is 16.2. The van der Waals surface area contributed by atoms with Crippen molar-refractivity contribution in [3.63, 3.8) is 0 Å². The lowest BCUT2D eigenvalue weighted by Crippen LogP contribution is -2.23. The molecule has 0 spiro atoms. The number of benzene rings is 1. The van der Waals surface area contributed by atoms with Gasteiger partial charge in [-0.15, -0.1) is 0 Å². The van der Waals surface area contributed by atoms with Crippen molar-refractivity contribution in [3.05, 3.63) is 59.7 Å². The van der Waals surface area contributed by atoms with Crippen molar-refractivity contribution in [1.29, 1.82) is 0 Å². The number of hydrogen-bond acceptors (Lipinski definition) is 4. The summed E-state index contributed by atoms with van der Waals surface area (Å²) in [4.78, 5) is 20.4. The van der Waals surface area contributed by atoms with Gasteiger partial charge in [-0.1, -0.05) is 31.5 Å². The molecule has 1 aromatic carbocycles. The Labute approximate surface area is 124 Å². The fourth-order valence-electron chi connectivity index (χ4n) is 1.83. The Hall–Kier alpha value is -2.56. The van der Waals surface area contributed by atoms with Gasteiger partial charge >= 0.3 is 0 Å². The Bertz CT molecular complexity index is 650. The first-order chi connectivity index (χ1) is 10.1. The van der Waals surface area contributed by atoms with Crippen LogP contribution in [0.15, 0.2) is 47.8 Å². The fourth-order valence-corrected chi connectivity index (χ4v) is 1.83. The molecule has 1 aromatic heterocycles. The quantitative estimate of drug-likeness (QED) is 0.692. The van der Waals surface area contributed by atoms with Crippen molar-refractivity contribution >= 4 is 11.6 Å². The van der Waals surface area contributed by atoms with Gasteiger partial charge in [0.25, 0.3) is 5.91 Å². The van der Waals surface area contributed by atoms with Gasteiger partial charge in [0, 0.05) is 23.9 Å². The van der Waals surface area contributed by atoms with Gasteiger partial charge in [-0.3, -0.25) is 4.79 Å². The van der Waals surface area contributed by atoms with Gasteiger partial charge in [0.05, 0.1) is 0 Å². The van der Waals surface area contributed by atoms with E-state index in [4.69, 9.17) is 0 Å². The molecule has 5 nitrogen and oxygen atoms in total. The Balaban J connectivity index is 2.19. The normalized spacial score (nSPS) is 11.5. The van der Waals surface area contributed by atoms with E-state index in [2.05, 4.69) is 20.5 Å². The molecule has 0 bridgehead atoms. The van der Waals surface area contributed by atoms with Crippen LogP contribution < -0.4 is 5.43 Å². The van der Waals surface area contributed by atoms with Crippen LogP contribution in [-0.2, 0) is 0 Å². The Morgan fingerprint density at radius 2 is 1.90 bits per heavy atom. The van der Waals surface area contributed by atoms with Gasteiger partial charge in [0.1, 0.15) is 5.71 Å². The molecule has 0 radical (unpaired) electrons. The second kappa shape index (κ2) is 6.74. The zero-order valence-electron chi connectivity index (χ0n) is 12.4. The molecule has 0 aliphatic heterocycles. The van der Waals surface area contributed by atoms with E-state index in [1.54, 1.807) is 24.5 Å². The van der Waals surface area contributed by atoms with E-state index in [-0.39, 0.29) is 11.8 Å². The molecule has 0 saturated carbocycles. The van der Waals surface area contributed by atoms with Crippen LogP contribution in [-0.4, -0.2) is 21.6 Å². The number of aryl methyl sites for hydroxylation is 1. The molecule has 0 fully saturated rings. The van der Waals surface area contributed by atoms with Crippen LogP contribution in [0.1, 0.15) is 35.6 Å². The summed E-state index contributed by atoms with van der Waals surface area (Å²) in [6.45, 7) is 5.90. The molecular weight excluding hydrogens is 264 g/mol. The Morgan fingerprint density at radius 3 is 2.52 bits per heavy atom. The molecule has 1 N–H and O–H groups in total. The van der Waals surface area contributed by atoms with Crippen LogP contribution in [0.2, 0.25) is 0 Å². The van der Waals surface area contributed by atoms with Gasteiger partial charge in [-0.2, -0.15) is 5.10 Å². The minimum Gasteiger partial charge on any atom is -0.267 e. The third kappa shape index (κ3) is 3.95. The highest BCUT2D eigenvalue weighted by molar-refractivity contribution is 6.00. The number of carbonyl (C=O) groups is 1. The van der Waals surface area contributed by atoms with E-state index in [0.717, 1.165) is 5.56 Å². The minimum atomic E-state index is -0.243. The van der Waals surface area contributed by atoms with Crippen molar-refractivity contribution in [2.24, 2.45) is 11.0 Å². The van der Waals surface area contributed by atoms with Crippen molar-refractivity contribution < 1.29 is 4.79 Å². The van der Waals surface area contributed by atoms with Crippen molar-refractivity contribution in [1.82, 2.24) is 15.4 Å². The maximum Gasteiger partial charge on any atom is 0.271 e. The van der Waals surface area contributed by atoms with Crippen LogP contribution in [0.5, 0.6) is 0 Å². The molecule has 0 unspecified atom stereocenters. The predicted molar refractivity (Wildman–Crippen MR) is 82.1 cm³/mol. The van der Waals surface area contributed by atoms with Crippen LogP contribution in [0, 0.1) is 12.8 Å². The third-order valence-electron chi connectivity index (χ3n) is 2.90. The first-order valence-electron chi connectivity index (χ1n) is 6.80. The Kier molecular flexibility index (Phi) is 4.77. The number of hydrazone groups is 1. The lowest BCUT2D eigenvalue weighted by atomic mass is 10.1. The largest absolute Gasteiger partial charge is 0.271 e. The van der Waals surface area contributed by atoms with E-state index in [0.29, 0.717) is 17.1 Å². The number of nitrogens with zero attached hydrogens (tertiary/aromatic N) is 3. The molecule has 0 saturated heterocycles. The smallest absolute Gasteiger partial charge is 0.267 e. The zero-order valence-corrected chi connectivity index (χ0v) is 12.4. The van der Waals surface area contributed by atoms with Crippen molar-refractivity contribution in [2.45, 2.75) is 20.8 Å². The fraction of sp³-hybridized carbons (Fsp3) is 0.250. The average Bonchev–Trinajstić information content (AvgIpc) is 2.48. The second-order valence-corrected chi connectivity index (χ2v) is 5.03. The molecule has 2 rings (SSSR count). The molecular formula is C16H18N4O. The van der Waals surface area contributed by atoms with Crippen molar-refractivity contribution in [3.8, 4) is 0 Å². The summed E-state index contributed by atoms with van der Waals surface area (Å²) < 4.78 is 0. The van der Waals surface area contributed by atoms with Gasteiger partial charge in [-0.25, -0.2) is 15.4 Å². The van der Waals surface area contributed by atoms with E-state index < -0.39 is 0 Å². The Morgan fingerprint density at radius 1 is 1.19 bits per heavy atom. The summed E-state index contributed by atoms with van der Waals surface area (Å²) in [5, 5.41) is 4.19. The first kappa shape index (κ1) is 14.8. The summed E-state index contributed by atoms with van der Waals surface area (Å²) in [5.41, 5.74) is 4.83. The summed E-state index contributed by atoms with van der Waals surface area (Å²) >= 11 is 0. The van der Waals surface area contributed by atoms with Gasteiger partial charge in [-0.05, 0) is 25.1 Å². The van der Waals surface area contributed by atoms with Crippen LogP contribution in [0.3, 0.4) is 0 Å². The SMILES string of the molecule is Cc1cccc(C(=O)N/N=C(/c2ncccn2)C(C)C)c1. The van der Waals surface area contributed by atoms with Crippen molar-refractivity contribution in [2.75, 3.05) is 0 Å². The number of amides is 1. The molecule has 0 aliphatic carbocycles. The highest BCUT2D eigenvalue weighted by Crippen LogP contribution is 2.06. The summed E-state index contributed by atoms with van der Waals surface area (Å²) in [5.74, 6) is 0.384. The zero-order chi connectivity index (χ0) is 15.2. The van der Waals surface area contributed by atoms with Gasteiger partial charge in [0.15, 0.2) is 5.82 Å². The minimum absolute atomic E-state index is 0.102. The summed E-state index contributed by atoms with van der Waals surface area (Å²) in [6, 6.07) is 9.10. The third-order valence-corrected chi connectivity index (χ3v) is 2.90. The van der Waals surface area contributed by atoms with E-state index in [1.165, 1.54) is 0 Å². The van der Waals surface area contributed by atoms with E-state index >= 15 is 0 Å². The molecule has 1 heterocycles. The van der Waals surface area contributed by atoms with Crippen LogP contribution in [0.4, 0.5) is 0 Å². The van der Waals surface area contributed by atoms with E-state index in [1.807, 2.05) is 39.0 Å². The van der Waals surface area contributed by atoms with Gasteiger partial charge < -0.3 is 0 Å². The molecule has 5 heteroatoms. The number of nitrogens with one attached hydrogen (secondary N) is 1. The van der Waals surface area contributed by atoms with Crippen LogP contribution in [0.25, 0.3) is 0 Å². The van der Waals surface area contributed by atoms with Crippen LogP contribution >= 0.6 is 0 Å². The monoisotopic (exact) mass is 282 g/mol. The summed E-state index contributed by atoms with van der Waals surface area (Å²) in [6.07, 6.45) is 3.31. The second-order valence-electron chi connectivity index (χ2n) is 5.03. The maximum absolute atomic E-state index is 12.1. The number of hydrogen-bond donors (Lipinski definition) is 1. The molecule has 2 aromatic rings. The summed E-state index contributed by atoms with van der Waals surface area (Å²) in [7, 11) is 0. The predicted octanol–water partition coefficient (Wildman–Crippen LogP) is 2.58. The number of aromatic nitrogens is 2. The molecule has 0 atom stereocenters. The van der Waals surface area contributed by atoms with E-state index in [9.17, 15) is 4.79 Å². The maximum atomic E-state index is 12.1. The highest BCUT2D eigenvalue weighted by Gasteiger charge is 2.12. The molecule has 21 heavy (non-hydrogen) atoms. The first-order valence-corrected chi connectivity index (χ1v) is 6.80. The average molecular weight is 282 g/mol. The lowest BCUT2D eigenvalue weighted by Gasteiger charge is -2.09. The number of rotatable bonds is 4. The molecule has 0 aliphatic rings. The van der Waals surface area contributed by atoms with Gasteiger partial charge in [0.2, 0.25) is 0 Å².